The number of nitrogens with zero attached hydrogens (tertiary/aromatic N) is 2. The fraction of sp³-hybridized carbons (Fsp3) is 0.619. The van der Waals surface area contributed by atoms with Crippen molar-refractivity contribution in [3.63, 3.8) is 0 Å². The van der Waals surface area contributed by atoms with Crippen molar-refractivity contribution in [3.05, 3.63) is 29.8 Å². The summed E-state index contributed by atoms with van der Waals surface area (Å²) in [7, 11) is 1.35. The second-order valence-electron chi connectivity index (χ2n) is 7.17. The van der Waals surface area contributed by atoms with Crippen LogP contribution in [0.5, 0.6) is 0 Å². The van der Waals surface area contributed by atoms with E-state index in [9.17, 15) is 4.79 Å². The molecular weight excluding hydrogens is 481 g/mol. The molecule has 1 heterocycles. The number of likely N-dealkylation sites (tertiary alicyclic amines) is 1. The number of hydrogen-bond donors (Lipinski definition) is 3. The molecule has 7 nitrogen and oxygen atoms in total. The molecule has 3 N–H and O–H groups in total. The quantitative estimate of drug-likeness (QED) is 0.212. The maximum Gasteiger partial charge on any atom is 0.411 e. The van der Waals surface area contributed by atoms with E-state index in [2.05, 4.69) is 44.4 Å². The van der Waals surface area contributed by atoms with Gasteiger partial charge in [-0.2, -0.15) is 0 Å². The zero-order valence-electron chi connectivity index (χ0n) is 17.9. The van der Waals surface area contributed by atoms with Crippen LogP contribution < -0.4 is 16.0 Å². The summed E-state index contributed by atoms with van der Waals surface area (Å²) in [6.07, 6.45) is 4.67. The number of rotatable bonds is 8. The van der Waals surface area contributed by atoms with Gasteiger partial charge in [-0.1, -0.05) is 18.6 Å². The fourth-order valence-electron chi connectivity index (χ4n) is 3.35. The Bertz CT molecular complexity index is 624. The number of carbonyl (C=O) groups excluding carboxylic acids is 1. The maximum atomic E-state index is 11.2. The summed E-state index contributed by atoms with van der Waals surface area (Å²) in [5, 5.41) is 9.37. The molecule has 1 aliphatic rings. The van der Waals surface area contributed by atoms with Crippen LogP contribution in [0.3, 0.4) is 0 Å². The molecule has 0 saturated carbocycles. The minimum atomic E-state index is -0.469. The number of hydrogen-bond acceptors (Lipinski definition) is 4. The zero-order chi connectivity index (χ0) is 20.2. The largest absolute Gasteiger partial charge is 0.453 e. The van der Waals surface area contributed by atoms with Crippen LogP contribution in [0.25, 0.3) is 0 Å². The van der Waals surface area contributed by atoms with Gasteiger partial charge in [0.2, 0.25) is 0 Å². The third-order valence-electron chi connectivity index (χ3n) is 5.00. The van der Waals surface area contributed by atoms with Crippen molar-refractivity contribution in [3.8, 4) is 0 Å². The van der Waals surface area contributed by atoms with E-state index in [4.69, 9.17) is 0 Å². The number of piperidine rings is 1. The highest BCUT2D eigenvalue weighted by Gasteiger charge is 2.17. The van der Waals surface area contributed by atoms with Gasteiger partial charge in [-0.15, -0.1) is 24.0 Å². The first-order chi connectivity index (χ1) is 13.6. The van der Waals surface area contributed by atoms with E-state index < -0.39 is 6.09 Å². The third-order valence-corrected chi connectivity index (χ3v) is 5.00. The molecule has 0 aromatic heterocycles. The lowest BCUT2D eigenvalue weighted by Gasteiger charge is -2.33. The van der Waals surface area contributed by atoms with E-state index in [0.717, 1.165) is 37.6 Å². The molecule has 164 valence electrons. The second kappa shape index (κ2) is 14.4. The molecule has 1 amide bonds. The Labute approximate surface area is 192 Å². The molecule has 1 aliphatic heterocycles. The van der Waals surface area contributed by atoms with Crippen LogP contribution in [-0.4, -0.2) is 56.3 Å². The SMILES string of the molecule is CCNC(=NCc1ccc(NC(=O)OC)cc1)NCCCN1CCCCC1C.I. The van der Waals surface area contributed by atoms with Gasteiger partial charge in [-0.05, 0) is 57.4 Å². The molecule has 1 unspecified atom stereocenters. The van der Waals surface area contributed by atoms with E-state index in [1.807, 2.05) is 24.3 Å². The molecule has 1 atom stereocenters. The Kier molecular flexibility index (Phi) is 12.7. The second-order valence-corrected chi connectivity index (χ2v) is 7.17. The molecule has 1 saturated heterocycles. The third kappa shape index (κ3) is 9.66. The van der Waals surface area contributed by atoms with Crippen molar-refractivity contribution in [2.75, 3.05) is 38.6 Å². The number of halogens is 1. The summed E-state index contributed by atoms with van der Waals surface area (Å²) in [4.78, 5) is 18.5. The lowest BCUT2D eigenvalue weighted by molar-refractivity contribution is 0.159. The standard InChI is InChI=1S/C21H35N5O2.HI/c1-4-22-20(23-13-7-15-26-14-6-5-8-17(26)2)24-16-18-9-11-19(12-10-18)25-21(27)28-3;/h9-12,17H,4-8,13-16H2,1-3H3,(H,25,27)(H2,22,23,24);1H. The highest BCUT2D eigenvalue weighted by Crippen LogP contribution is 2.16. The predicted molar refractivity (Wildman–Crippen MR) is 130 cm³/mol. The Morgan fingerprint density at radius 1 is 1.24 bits per heavy atom. The lowest BCUT2D eigenvalue weighted by Crippen LogP contribution is -2.41. The van der Waals surface area contributed by atoms with Gasteiger partial charge >= 0.3 is 6.09 Å². The highest BCUT2D eigenvalue weighted by molar-refractivity contribution is 14.0. The van der Waals surface area contributed by atoms with Crippen molar-refractivity contribution in [1.82, 2.24) is 15.5 Å². The van der Waals surface area contributed by atoms with E-state index in [-0.39, 0.29) is 24.0 Å². The molecule has 29 heavy (non-hydrogen) atoms. The van der Waals surface area contributed by atoms with Crippen molar-refractivity contribution in [1.29, 1.82) is 0 Å². The Morgan fingerprint density at radius 3 is 2.66 bits per heavy atom. The van der Waals surface area contributed by atoms with Crippen LogP contribution in [0.4, 0.5) is 10.5 Å². The van der Waals surface area contributed by atoms with Crippen LogP contribution in [0, 0.1) is 0 Å². The van der Waals surface area contributed by atoms with Gasteiger partial charge in [-0.25, -0.2) is 9.79 Å². The normalized spacial score (nSPS) is 17.2. The number of nitrogens with one attached hydrogen (secondary N) is 3. The maximum absolute atomic E-state index is 11.2. The molecule has 0 aliphatic carbocycles. The van der Waals surface area contributed by atoms with Gasteiger partial charge in [0.25, 0.3) is 0 Å². The molecule has 0 radical (unpaired) electrons. The first-order valence-corrected chi connectivity index (χ1v) is 10.3. The minimum absolute atomic E-state index is 0. The van der Waals surface area contributed by atoms with Crippen molar-refractivity contribution >= 4 is 41.7 Å². The van der Waals surface area contributed by atoms with Gasteiger partial charge in [0.15, 0.2) is 5.96 Å². The van der Waals surface area contributed by atoms with Crippen LogP contribution in [-0.2, 0) is 11.3 Å². The van der Waals surface area contributed by atoms with E-state index in [1.54, 1.807) is 0 Å². The minimum Gasteiger partial charge on any atom is -0.453 e. The molecule has 1 aromatic carbocycles. The number of guanidine groups is 1. The topological polar surface area (TPSA) is 78.0 Å². The van der Waals surface area contributed by atoms with Crippen molar-refractivity contribution in [2.24, 2.45) is 4.99 Å². The number of aliphatic imine (C=N–C) groups is 1. The van der Waals surface area contributed by atoms with Gasteiger partial charge in [0.05, 0.1) is 13.7 Å². The summed E-state index contributed by atoms with van der Waals surface area (Å²) in [5.41, 5.74) is 1.78. The number of carbonyl (C=O) groups is 1. The van der Waals surface area contributed by atoms with Crippen LogP contribution in [0.1, 0.15) is 45.1 Å². The molecule has 0 spiro atoms. The summed E-state index contributed by atoms with van der Waals surface area (Å²) in [5.74, 6) is 0.839. The van der Waals surface area contributed by atoms with Gasteiger partial charge in [0.1, 0.15) is 0 Å². The Hall–Kier alpha value is -1.55. The fourth-order valence-corrected chi connectivity index (χ4v) is 3.35. The van der Waals surface area contributed by atoms with E-state index in [1.165, 1.54) is 32.9 Å². The number of ether oxygens (including phenoxy) is 1. The van der Waals surface area contributed by atoms with Crippen molar-refractivity contribution < 1.29 is 9.53 Å². The number of anilines is 1. The van der Waals surface area contributed by atoms with Crippen molar-refractivity contribution in [2.45, 2.75) is 52.1 Å². The molecule has 8 heteroatoms. The Morgan fingerprint density at radius 2 is 2.00 bits per heavy atom. The smallest absolute Gasteiger partial charge is 0.411 e. The first kappa shape index (κ1) is 25.5. The van der Waals surface area contributed by atoms with E-state index >= 15 is 0 Å². The lowest BCUT2D eigenvalue weighted by atomic mass is 10.0. The predicted octanol–water partition coefficient (Wildman–Crippen LogP) is 3.80. The van der Waals surface area contributed by atoms with Gasteiger partial charge in [-0.3, -0.25) is 5.32 Å². The van der Waals surface area contributed by atoms with Crippen LogP contribution >= 0.6 is 24.0 Å². The van der Waals surface area contributed by atoms with Gasteiger partial charge in [0, 0.05) is 31.4 Å². The highest BCUT2D eigenvalue weighted by atomic mass is 127. The molecule has 1 fully saturated rings. The summed E-state index contributed by atoms with van der Waals surface area (Å²) in [6, 6.07) is 8.32. The van der Waals surface area contributed by atoms with Crippen LogP contribution in [0.15, 0.2) is 29.3 Å². The average molecular weight is 517 g/mol. The van der Waals surface area contributed by atoms with Gasteiger partial charge < -0.3 is 20.3 Å². The number of methoxy groups -OCH3 is 1. The summed E-state index contributed by atoms with van der Waals surface area (Å²) in [6.45, 7) is 9.10. The summed E-state index contributed by atoms with van der Waals surface area (Å²) < 4.78 is 4.59. The average Bonchev–Trinajstić information content (AvgIpc) is 2.71. The Balaban J connectivity index is 0.00000420. The molecule has 1 aromatic rings. The summed E-state index contributed by atoms with van der Waals surface area (Å²) >= 11 is 0. The van der Waals surface area contributed by atoms with E-state index in [0.29, 0.717) is 18.3 Å². The monoisotopic (exact) mass is 517 g/mol. The molecule has 0 bridgehead atoms. The number of amides is 1. The first-order valence-electron chi connectivity index (χ1n) is 10.3. The number of benzene rings is 1. The molecular formula is C21H36IN5O2. The van der Waals surface area contributed by atoms with Crippen LogP contribution in [0.2, 0.25) is 0 Å². The zero-order valence-corrected chi connectivity index (χ0v) is 20.2. The molecule has 2 rings (SSSR count).